The van der Waals surface area contributed by atoms with E-state index in [-0.39, 0.29) is 11.8 Å². The van der Waals surface area contributed by atoms with Crippen molar-refractivity contribution in [3.05, 3.63) is 102 Å². The highest BCUT2D eigenvalue weighted by molar-refractivity contribution is 5.44. The third-order valence-electron chi connectivity index (χ3n) is 4.26. The predicted octanol–water partition coefficient (Wildman–Crippen LogP) is 5.33. The van der Waals surface area contributed by atoms with Crippen molar-refractivity contribution in [2.24, 2.45) is 0 Å². The first-order chi connectivity index (χ1) is 10.8. The van der Waals surface area contributed by atoms with Crippen LogP contribution in [0.5, 0.6) is 5.75 Å². The molecule has 110 valence electrons. The maximum Gasteiger partial charge on any atom is 0.119 e. The average molecular weight is 288 g/mol. The molecule has 1 heteroatoms. The zero-order valence-corrected chi connectivity index (χ0v) is 12.7. The van der Waals surface area contributed by atoms with Crippen molar-refractivity contribution in [2.45, 2.75) is 18.8 Å². The first kappa shape index (κ1) is 14.4. The van der Waals surface area contributed by atoms with Crippen LogP contribution in [0.4, 0.5) is 0 Å². The summed E-state index contributed by atoms with van der Waals surface area (Å²) in [6.45, 7) is 2.22. The molecule has 2 unspecified atom stereocenters. The zero-order valence-electron chi connectivity index (χ0n) is 12.7. The molecule has 0 saturated carbocycles. The second-order valence-corrected chi connectivity index (χ2v) is 5.65. The molecule has 0 bridgehead atoms. The predicted molar refractivity (Wildman–Crippen MR) is 91.2 cm³/mol. The van der Waals surface area contributed by atoms with Crippen molar-refractivity contribution < 1.29 is 5.11 Å². The third kappa shape index (κ3) is 2.89. The van der Waals surface area contributed by atoms with Crippen LogP contribution < -0.4 is 0 Å². The lowest BCUT2D eigenvalue weighted by atomic mass is 9.78. The van der Waals surface area contributed by atoms with Gasteiger partial charge in [-0.3, -0.25) is 0 Å². The Balaban J connectivity index is 2.10. The summed E-state index contributed by atoms with van der Waals surface area (Å²) in [5, 5.41) is 10.3. The van der Waals surface area contributed by atoms with Crippen LogP contribution in [-0.2, 0) is 0 Å². The molecule has 0 aromatic heterocycles. The van der Waals surface area contributed by atoms with E-state index >= 15 is 0 Å². The number of rotatable bonds is 4. The fourth-order valence-electron chi connectivity index (χ4n) is 3.10. The summed E-state index contributed by atoms with van der Waals surface area (Å²) in [5.74, 6) is 0.765. The highest BCUT2D eigenvalue weighted by Gasteiger charge is 2.24. The first-order valence-corrected chi connectivity index (χ1v) is 7.65. The standard InChI is InChI=1S/C21H20O/c1-16(17-10-4-2-5-11-17)21(18-12-6-3-7-13-18)19-14-8-9-15-20(19)22/h2-16,21-22H,1H3. The maximum atomic E-state index is 10.3. The van der Waals surface area contributed by atoms with E-state index in [1.54, 1.807) is 6.07 Å². The van der Waals surface area contributed by atoms with E-state index in [0.29, 0.717) is 5.75 Å². The van der Waals surface area contributed by atoms with Crippen LogP contribution >= 0.6 is 0 Å². The topological polar surface area (TPSA) is 20.2 Å². The number of para-hydroxylation sites is 1. The fourth-order valence-corrected chi connectivity index (χ4v) is 3.10. The monoisotopic (exact) mass is 288 g/mol. The van der Waals surface area contributed by atoms with Gasteiger partial charge in [0.2, 0.25) is 0 Å². The molecule has 0 spiro atoms. The van der Waals surface area contributed by atoms with Gasteiger partial charge < -0.3 is 5.11 Å². The SMILES string of the molecule is CC(c1ccccc1)C(c1ccccc1)c1ccccc1O. The fraction of sp³-hybridized carbons (Fsp3) is 0.143. The summed E-state index contributed by atoms with van der Waals surface area (Å²) < 4.78 is 0. The lowest BCUT2D eigenvalue weighted by molar-refractivity contribution is 0.460. The van der Waals surface area contributed by atoms with Gasteiger partial charge in [0.05, 0.1) is 0 Å². The Labute approximate surface area is 131 Å². The van der Waals surface area contributed by atoms with Crippen molar-refractivity contribution in [2.75, 3.05) is 0 Å². The van der Waals surface area contributed by atoms with E-state index in [2.05, 4.69) is 55.5 Å². The molecular formula is C21H20O. The van der Waals surface area contributed by atoms with E-state index in [1.807, 2.05) is 30.3 Å². The van der Waals surface area contributed by atoms with Gasteiger partial charge in [0.15, 0.2) is 0 Å². The minimum atomic E-state index is 0.129. The summed E-state index contributed by atoms with van der Waals surface area (Å²) in [6, 6.07) is 28.5. The molecular weight excluding hydrogens is 268 g/mol. The van der Waals surface area contributed by atoms with Gasteiger partial charge in [0, 0.05) is 11.5 Å². The van der Waals surface area contributed by atoms with Crippen molar-refractivity contribution >= 4 is 0 Å². The van der Waals surface area contributed by atoms with Gasteiger partial charge in [-0.05, 0) is 23.1 Å². The molecule has 0 aliphatic rings. The van der Waals surface area contributed by atoms with Crippen molar-refractivity contribution in [3.8, 4) is 5.75 Å². The lowest BCUT2D eigenvalue weighted by Crippen LogP contribution is -2.10. The molecule has 0 aliphatic heterocycles. The Hall–Kier alpha value is -2.54. The second kappa shape index (κ2) is 6.48. The highest BCUT2D eigenvalue weighted by atomic mass is 16.3. The Morgan fingerprint density at radius 2 is 1.14 bits per heavy atom. The molecule has 0 radical (unpaired) electrons. The first-order valence-electron chi connectivity index (χ1n) is 7.65. The molecule has 3 rings (SSSR count). The van der Waals surface area contributed by atoms with E-state index < -0.39 is 0 Å². The molecule has 3 aromatic rings. The number of hydrogen-bond donors (Lipinski definition) is 1. The van der Waals surface area contributed by atoms with Gasteiger partial charge in [-0.15, -0.1) is 0 Å². The number of phenols is 1. The Bertz CT molecular complexity index is 719. The Kier molecular flexibility index (Phi) is 4.24. The third-order valence-corrected chi connectivity index (χ3v) is 4.26. The number of hydrogen-bond acceptors (Lipinski definition) is 1. The molecule has 0 aliphatic carbocycles. The second-order valence-electron chi connectivity index (χ2n) is 5.65. The Morgan fingerprint density at radius 3 is 1.73 bits per heavy atom. The maximum absolute atomic E-state index is 10.3. The van der Waals surface area contributed by atoms with Gasteiger partial charge in [-0.1, -0.05) is 85.8 Å². The van der Waals surface area contributed by atoms with Crippen molar-refractivity contribution in [1.29, 1.82) is 0 Å². The molecule has 2 atom stereocenters. The lowest BCUT2D eigenvalue weighted by Gasteiger charge is -2.26. The molecule has 0 saturated heterocycles. The van der Waals surface area contributed by atoms with E-state index in [9.17, 15) is 5.11 Å². The number of benzene rings is 3. The van der Waals surface area contributed by atoms with Gasteiger partial charge in [-0.25, -0.2) is 0 Å². The Morgan fingerprint density at radius 1 is 0.636 bits per heavy atom. The van der Waals surface area contributed by atoms with Crippen LogP contribution in [0.15, 0.2) is 84.9 Å². The molecule has 3 aromatic carbocycles. The summed E-state index contributed by atoms with van der Waals surface area (Å²) in [7, 11) is 0. The normalized spacial score (nSPS) is 13.5. The van der Waals surface area contributed by atoms with Crippen LogP contribution in [0.1, 0.15) is 35.4 Å². The van der Waals surface area contributed by atoms with E-state index in [1.165, 1.54) is 11.1 Å². The summed E-state index contributed by atoms with van der Waals surface area (Å²) in [5.41, 5.74) is 3.48. The minimum absolute atomic E-state index is 0.129. The summed E-state index contributed by atoms with van der Waals surface area (Å²) in [4.78, 5) is 0. The van der Waals surface area contributed by atoms with Gasteiger partial charge in [0.25, 0.3) is 0 Å². The molecule has 0 heterocycles. The smallest absolute Gasteiger partial charge is 0.119 e. The molecule has 1 N–H and O–H groups in total. The summed E-state index contributed by atoms with van der Waals surface area (Å²) >= 11 is 0. The van der Waals surface area contributed by atoms with Crippen molar-refractivity contribution in [3.63, 3.8) is 0 Å². The van der Waals surface area contributed by atoms with Gasteiger partial charge in [0.1, 0.15) is 5.75 Å². The molecule has 0 fully saturated rings. The minimum Gasteiger partial charge on any atom is -0.508 e. The van der Waals surface area contributed by atoms with Crippen LogP contribution in [0, 0.1) is 0 Å². The molecule has 22 heavy (non-hydrogen) atoms. The van der Waals surface area contributed by atoms with Crippen LogP contribution in [-0.4, -0.2) is 5.11 Å². The van der Waals surface area contributed by atoms with Crippen LogP contribution in [0.2, 0.25) is 0 Å². The average Bonchev–Trinajstić information content (AvgIpc) is 2.58. The zero-order chi connectivity index (χ0) is 15.4. The number of phenolic OH excluding ortho intramolecular Hbond substituents is 1. The largest absolute Gasteiger partial charge is 0.508 e. The number of aromatic hydroxyl groups is 1. The summed E-state index contributed by atoms with van der Waals surface area (Å²) in [6.07, 6.45) is 0. The van der Waals surface area contributed by atoms with Crippen molar-refractivity contribution in [1.82, 2.24) is 0 Å². The van der Waals surface area contributed by atoms with Crippen LogP contribution in [0.25, 0.3) is 0 Å². The molecule has 0 amide bonds. The van der Waals surface area contributed by atoms with Crippen LogP contribution in [0.3, 0.4) is 0 Å². The van der Waals surface area contributed by atoms with E-state index in [4.69, 9.17) is 0 Å². The van der Waals surface area contributed by atoms with Gasteiger partial charge in [-0.2, -0.15) is 0 Å². The highest BCUT2D eigenvalue weighted by Crippen LogP contribution is 2.41. The quantitative estimate of drug-likeness (QED) is 0.688. The molecule has 1 nitrogen and oxygen atoms in total. The van der Waals surface area contributed by atoms with Gasteiger partial charge >= 0.3 is 0 Å². The van der Waals surface area contributed by atoms with E-state index in [0.717, 1.165) is 5.56 Å².